The van der Waals surface area contributed by atoms with Gasteiger partial charge in [-0.25, -0.2) is 0 Å². The summed E-state index contributed by atoms with van der Waals surface area (Å²) in [6.07, 6.45) is -4.41. The molecule has 4 nitrogen and oxygen atoms in total. The molecule has 0 fully saturated rings. The van der Waals surface area contributed by atoms with Crippen molar-refractivity contribution >= 4 is 5.91 Å². The third-order valence-corrected chi connectivity index (χ3v) is 1.87. The van der Waals surface area contributed by atoms with Crippen molar-refractivity contribution in [1.82, 2.24) is 9.80 Å². The van der Waals surface area contributed by atoms with Gasteiger partial charge in [0, 0.05) is 19.5 Å². The van der Waals surface area contributed by atoms with Crippen LogP contribution in [0.1, 0.15) is 6.42 Å². The molecule has 96 valence electrons. The van der Waals surface area contributed by atoms with E-state index in [1.165, 1.54) is 0 Å². The van der Waals surface area contributed by atoms with E-state index in [1.807, 2.05) is 0 Å². The topological polar surface area (TPSA) is 43.8 Å². The van der Waals surface area contributed by atoms with Crippen LogP contribution >= 0.6 is 0 Å². The molecule has 0 spiro atoms. The molecule has 0 aliphatic carbocycles. The average Bonchev–Trinajstić information content (AvgIpc) is 2.11. The lowest BCUT2D eigenvalue weighted by Crippen LogP contribution is -2.41. The zero-order valence-corrected chi connectivity index (χ0v) is 9.42. The largest absolute Gasteiger partial charge is 0.406 e. The maximum Gasteiger partial charge on any atom is 0.406 e. The average molecular weight is 242 g/mol. The number of hydrogen-bond donors (Lipinski definition) is 1. The molecule has 0 saturated heterocycles. The van der Waals surface area contributed by atoms with Gasteiger partial charge in [-0.1, -0.05) is 0 Å². The molecule has 1 N–H and O–H groups in total. The van der Waals surface area contributed by atoms with Gasteiger partial charge in [-0.2, -0.15) is 13.2 Å². The number of carbonyl (C=O) groups is 1. The second-order valence-electron chi connectivity index (χ2n) is 3.71. The van der Waals surface area contributed by atoms with E-state index >= 15 is 0 Å². The van der Waals surface area contributed by atoms with E-state index in [1.54, 1.807) is 19.0 Å². The number of hydrogen-bond acceptors (Lipinski definition) is 3. The first kappa shape index (κ1) is 15.2. The Labute approximate surface area is 92.6 Å². The lowest BCUT2D eigenvalue weighted by atomic mass is 10.3. The molecule has 0 unspecified atom stereocenters. The first-order valence-electron chi connectivity index (χ1n) is 4.86. The minimum atomic E-state index is -4.43. The fraction of sp³-hybridized carbons (Fsp3) is 0.889. The smallest absolute Gasteiger partial charge is 0.395 e. The van der Waals surface area contributed by atoms with E-state index in [4.69, 9.17) is 5.11 Å². The van der Waals surface area contributed by atoms with Crippen molar-refractivity contribution in [2.75, 3.05) is 40.3 Å². The van der Waals surface area contributed by atoms with Crippen LogP contribution in [0.25, 0.3) is 0 Å². The summed E-state index contributed by atoms with van der Waals surface area (Å²) in [5.74, 6) is -0.597. The van der Waals surface area contributed by atoms with E-state index in [0.29, 0.717) is 11.4 Å². The van der Waals surface area contributed by atoms with Gasteiger partial charge < -0.3 is 14.9 Å². The van der Waals surface area contributed by atoms with E-state index in [-0.39, 0.29) is 13.0 Å². The summed E-state index contributed by atoms with van der Waals surface area (Å²) in [7, 11) is 3.46. The van der Waals surface area contributed by atoms with Crippen LogP contribution in [-0.2, 0) is 4.79 Å². The maximum absolute atomic E-state index is 12.1. The third kappa shape index (κ3) is 7.47. The second kappa shape index (κ2) is 6.70. The molecular weight excluding hydrogens is 225 g/mol. The molecular formula is C9H17F3N2O2. The van der Waals surface area contributed by atoms with Gasteiger partial charge in [0.25, 0.3) is 0 Å². The van der Waals surface area contributed by atoms with E-state index in [2.05, 4.69) is 0 Å². The van der Waals surface area contributed by atoms with Crippen molar-refractivity contribution in [3.8, 4) is 0 Å². The maximum atomic E-state index is 12.1. The highest BCUT2D eigenvalue weighted by Crippen LogP contribution is 2.16. The number of carbonyl (C=O) groups excluding carboxylic acids is 1. The molecule has 16 heavy (non-hydrogen) atoms. The van der Waals surface area contributed by atoms with Crippen LogP contribution in [0, 0.1) is 0 Å². The number of rotatable bonds is 6. The Morgan fingerprint density at radius 1 is 1.25 bits per heavy atom. The highest BCUT2D eigenvalue weighted by molar-refractivity contribution is 5.76. The lowest BCUT2D eigenvalue weighted by Gasteiger charge is -2.23. The molecule has 0 rings (SSSR count). The summed E-state index contributed by atoms with van der Waals surface area (Å²) < 4.78 is 36.3. The van der Waals surface area contributed by atoms with Gasteiger partial charge in [0.1, 0.15) is 6.54 Å². The van der Waals surface area contributed by atoms with Crippen LogP contribution in [-0.4, -0.2) is 67.3 Å². The minimum Gasteiger partial charge on any atom is -0.395 e. The van der Waals surface area contributed by atoms with Crippen molar-refractivity contribution in [1.29, 1.82) is 0 Å². The Bertz CT molecular complexity index is 219. The Hall–Kier alpha value is -0.820. The second-order valence-corrected chi connectivity index (χ2v) is 3.71. The lowest BCUT2D eigenvalue weighted by molar-refractivity contribution is -0.162. The summed E-state index contributed by atoms with van der Waals surface area (Å²) in [6, 6.07) is 0. The fourth-order valence-corrected chi connectivity index (χ4v) is 1.11. The highest BCUT2D eigenvalue weighted by atomic mass is 19.4. The van der Waals surface area contributed by atoms with E-state index in [0.717, 1.165) is 0 Å². The molecule has 7 heteroatoms. The first-order chi connectivity index (χ1) is 7.26. The highest BCUT2D eigenvalue weighted by Gasteiger charge is 2.32. The van der Waals surface area contributed by atoms with Crippen LogP contribution in [0.3, 0.4) is 0 Å². The van der Waals surface area contributed by atoms with Crippen molar-refractivity contribution < 1.29 is 23.1 Å². The molecule has 0 bridgehead atoms. The quantitative estimate of drug-likeness (QED) is 0.729. The standard InChI is InChI=1S/C9H17F3N2O2/c1-13(2)4-3-8(16)14(5-6-15)7-9(10,11)12/h15H,3-7H2,1-2H3. The predicted molar refractivity (Wildman–Crippen MR) is 52.9 cm³/mol. The van der Waals surface area contributed by atoms with Gasteiger partial charge in [0.2, 0.25) is 5.91 Å². The monoisotopic (exact) mass is 242 g/mol. The zero-order valence-electron chi connectivity index (χ0n) is 9.42. The van der Waals surface area contributed by atoms with Gasteiger partial charge in [-0.3, -0.25) is 4.79 Å². The normalized spacial score (nSPS) is 11.9. The van der Waals surface area contributed by atoms with E-state index < -0.39 is 25.2 Å². The van der Waals surface area contributed by atoms with Crippen LogP contribution in [0.2, 0.25) is 0 Å². The third-order valence-electron chi connectivity index (χ3n) is 1.87. The van der Waals surface area contributed by atoms with Crippen molar-refractivity contribution in [3.05, 3.63) is 0 Å². The predicted octanol–water partition coefficient (Wildman–Crippen LogP) is 0.321. The number of aliphatic hydroxyl groups is 1. The number of amides is 1. The summed E-state index contributed by atoms with van der Waals surface area (Å²) in [5, 5.41) is 8.59. The van der Waals surface area contributed by atoms with Gasteiger partial charge in [0.05, 0.1) is 6.61 Å². The Morgan fingerprint density at radius 3 is 2.19 bits per heavy atom. The molecule has 1 amide bonds. The molecule has 0 atom stereocenters. The minimum absolute atomic E-state index is 0.0169. The van der Waals surface area contributed by atoms with Crippen molar-refractivity contribution in [2.24, 2.45) is 0 Å². The number of aliphatic hydroxyl groups excluding tert-OH is 1. The number of alkyl halides is 3. The molecule has 0 aliphatic rings. The zero-order chi connectivity index (χ0) is 12.8. The molecule has 0 aromatic heterocycles. The summed E-state index contributed by atoms with van der Waals surface area (Å²) >= 11 is 0. The van der Waals surface area contributed by atoms with Crippen LogP contribution < -0.4 is 0 Å². The molecule has 0 aliphatic heterocycles. The van der Waals surface area contributed by atoms with Crippen LogP contribution in [0.5, 0.6) is 0 Å². The van der Waals surface area contributed by atoms with Gasteiger partial charge in [-0.05, 0) is 14.1 Å². The Morgan fingerprint density at radius 2 is 1.81 bits per heavy atom. The van der Waals surface area contributed by atoms with Gasteiger partial charge in [0.15, 0.2) is 0 Å². The van der Waals surface area contributed by atoms with Crippen molar-refractivity contribution in [3.63, 3.8) is 0 Å². The molecule has 0 aromatic carbocycles. The van der Waals surface area contributed by atoms with Gasteiger partial charge in [-0.15, -0.1) is 0 Å². The molecule has 0 heterocycles. The molecule has 0 aromatic rings. The van der Waals surface area contributed by atoms with Crippen LogP contribution in [0.15, 0.2) is 0 Å². The van der Waals surface area contributed by atoms with Crippen LogP contribution in [0.4, 0.5) is 13.2 Å². The molecule has 0 radical (unpaired) electrons. The first-order valence-corrected chi connectivity index (χ1v) is 4.86. The van der Waals surface area contributed by atoms with Gasteiger partial charge >= 0.3 is 6.18 Å². The van der Waals surface area contributed by atoms with Crippen molar-refractivity contribution in [2.45, 2.75) is 12.6 Å². The summed E-state index contributed by atoms with van der Waals surface area (Å²) in [6.45, 7) is -1.67. The summed E-state index contributed by atoms with van der Waals surface area (Å²) in [4.78, 5) is 13.7. The number of nitrogens with zero attached hydrogens (tertiary/aromatic N) is 2. The Balaban J connectivity index is 4.24. The fourth-order valence-electron chi connectivity index (χ4n) is 1.11. The molecule has 0 saturated carbocycles. The Kier molecular flexibility index (Phi) is 6.35. The van der Waals surface area contributed by atoms with E-state index in [9.17, 15) is 18.0 Å². The summed E-state index contributed by atoms with van der Waals surface area (Å²) in [5.41, 5.74) is 0. The SMILES string of the molecule is CN(C)CCC(=O)N(CCO)CC(F)(F)F. The number of halogens is 3.